The summed E-state index contributed by atoms with van der Waals surface area (Å²) in [6.07, 6.45) is 7.43. The third-order valence-electron chi connectivity index (χ3n) is 13.9. The van der Waals surface area contributed by atoms with Crippen LogP contribution in [0.4, 0.5) is 0 Å². The Balaban J connectivity index is 0.000000170. The van der Waals surface area contributed by atoms with Crippen LogP contribution in [0.5, 0.6) is 0 Å². The molecule has 0 aliphatic carbocycles. The molecule has 9 aromatic carbocycles. The summed E-state index contributed by atoms with van der Waals surface area (Å²) in [6, 6.07) is 80.1. The quantitative estimate of drug-likeness (QED) is 0.135. The van der Waals surface area contributed by atoms with Crippen molar-refractivity contribution in [3.63, 3.8) is 0 Å². The molecule has 0 atom stereocenters. The number of aryl methyl sites for hydroxylation is 8. The molecule has 0 unspecified atom stereocenters. The van der Waals surface area contributed by atoms with E-state index in [1.807, 2.05) is 57.6 Å². The van der Waals surface area contributed by atoms with Gasteiger partial charge < -0.3 is 0 Å². The summed E-state index contributed by atoms with van der Waals surface area (Å²) < 4.78 is 5.63. The van der Waals surface area contributed by atoms with Crippen molar-refractivity contribution in [1.29, 1.82) is 0 Å². The van der Waals surface area contributed by atoms with Gasteiger partial charge in [-0.05, 0) is 127 Å². The molecule has 6 nitrogen and oxygen atoms in total. The second kappa shape index (κ2) is 27.6. The summed E-state index contributed by atoms with van der Waals surface area (Å²) in [5.74, 6) is 0. The Labute approximate surface area is 512 Å². The van der Waals surface area contributed by atoms with Crippen LogP contribution in [0, 0.1) is 73.6 Å². The van der Waals surface area contributed by atoms with E-state index in [9.17, 15) is 0 Å². The van der Waals surface area contributed by atoms with E-state index in [1.54, 1.807) is 12.4 Å². The average Bonchev–Trinajstić information content (AvgIpc) is 4.30. The van der Waals surface area contributed by atoms with E-state index in [0.717, 1.165) is 34.0 Å². The first-order valence-electron chi connectivity index (χ1n) is 26.1. The van der Waals surface area contributed by atoms with E-state index in [-0.39, 0.29) is 60.3 Å². The van der Waals surface area contributed by atoms with Crippen LogP contribution in [-0.4, -0.2) is 29.3 Å². The molecule has 0 spiro atoms. The Kier molecular flexibility index (Phi) is 20.8. The van der Waals surface area contributed by atoms with Crippen molar-refractivity contribution in [2.45, 2.75) is 55.4 Å². The van der Waals surface area contributed by atoms with E-state index in [2.05, 4.69) is 258 Å². The SMILES string of the molecule is Cc1[c-]c(-n2cccn2)cc(C)c1-c1ccc(-c2ccccc2)cc1.Cc1cc(-c2ccccc2)cc(C)c1-c1c[c-]c(-n2cccn2)cc1.Cc1cc(C)n(-c2[c-]ccc(-c3c(C)cc(-c4ccccc4)cc3C)c2)n1.[Ir].[Ir].[Ir]. The van der Waals surface area contributed by atoms with Crippen LogP contribution < -0.4 is 0 Å². The van der Waals surface area contributed by atoms with Crippen molar-refractivity contribution >= 4 is 0 Å². The molecule has 80 heavy (non-hydrogen) atoms. The molecular formula is C71H61Ir3N6-3. The molecule has 9 heteroatoms. The molecule has 405 valence electrons. The first kappa shape index (κ1) is 60.2. The Hall–Kier alpha value is -7.44. The number of aromatic nitrogens is 6. The van der Waals surface area contributed by atoms with Gasteiger partial charge in [-0.2, -0.15) is 68.9 Å². The van der Waals surface area contributed by atoms with Gasteiger partial charge in [-0.25, -0.2) is 0 Å². The molecule has 0 amide bonds. The van der Waals surface area contributed by atoms with Crippen LogP contribution in [0.15, 0.2) is 225 Å². The summed E-state index contributed by atoms with van der Waals surface area (Å²) in [4.78, 5) is 0. The van der Waals surface area contributed by atoms with Gasteiger partial charge in [0, 0.05) is 90.8 Å². The molecule has 12 rings (SSSR count). The molecular weight excluding hydrogens is 1510 g/mol. The minimum Gasteiger partial charge on any atom is -0.266 e. The Morgan fingerprint density at radius 1 is 0.350 bits per heavy atom. The van der Waals surface area contributed by atoms with Gasteiger partial charge in [0.1, 0.15) is 0 Å². The summed E-state index contributed by atoms with van der Waals surface area (Å²) >= 11 is 0. The number of hydrogen-bond acceptors (Lipinski definition) is 3. The maximum atomic E-state index is 4.60. The fraction of sp³-hybridized carbons (Fsp3) is 0.113. The zero-order valence-corrected chi connectivity index (χ0v) is 53.2. The van der Waals surface area contributed by atoms with E-state index in [0.29, 0.717) is 0 Å². The summed E-state index contributed by atoms with van der Waals surface area (Å²) in [6.45, 7) is 17.1. The van der Waals surface area contributed by atoms with Crippen molar-refractivity contribution in [2.24, 2.45) is 0 Å². The van der Waals surface area contributed by atoms with Crippen LogP contribution in [-0.2, 0) is 60.3 Å². The van der Waals surface area contributed by atoms with Crippen LogP contribution in [0.2, 0.25) is 0 Å². The van der Waals surface area contributed by atoms with Crippen molar-refractivity contribution in [3.05, 3.63) is 288 Å². The fourth-order valence-corrected chi connectivity index (χ4v) is 10.5. The smallest absolute Gasteiger partial charge is 0.0600 e. The van der Waals surface area contributed by atoms with Gasteiger partial charge in [-0.1, -0.05) is 176 Å². The molecule has 0 saturated heterocycles. The molecule has 0 saturated carbocycles. The molecule has 12 aromatic rings. The van der Waals surface area contributed by atoms with Crippen molar-refractivity contribution in [3.8, 4) is 83.8 Å². The Morgan fingerprint density at radius 3 is 1.25 bits per heavy atom. The summed E-state index contributed by atoms with van der Waals surface area (Å²) in [7, 11) is 0. The van der Waals surface area contributed by atoms with Gasteiger partial charge in [-0.15, -0.1) is 34.9 Å². The Bertz CT molecular complexity index is 3840. The van der Waals surface area contributed by atoms with Crippen LogP contribution >= 0.6 is 0 Å². The number of nitrogens with zero attached hydrogens (tertiary/aromatic N) is 6. The van der Waals surface area contributed by atoms with E-state index < -0.39 is 0 Å². The van der Waals surface area contributed by atoms with Crippen LogP contribution in [0.1, 0.15) is 44.8 Å². The monoisotopic (exact) mass is 1580 g/mol. The fourth-order valence-electron chi connectivity index (χ4n) is 10.5. The largest absolute Gasteiger partial charge is 0.266 e. The number of rotatable bonds is 9. The van der Waals surface area contributed by atoms with Crippen molar-refractivity contribution in [1.82, 2.24) is 29.3 Å². The predicted molar refractivity (Wildman–Crippen MR) is 318 cm³/mol. The van der Waals surface area contributed by atoms with Gasteiger partial charge in [-0.3, -0.25) is 14.0 Å². The Morgan fingerprint density at radius 2 is 0.800 bits per heavy atom. The van der Waals surface area contributed by atoms with Crippen molar-refractivity contribution < 1.29 is 60.3 Å². The maximum absolute atomic E-state index is 4.60. The second-order valence-electron chi connectivity index (χ2n) is 19.6. The third kappa shape index (κ3) is 13.9. The zero-order valence-electron chi connectivity index (χ0n) is 46.0. The minimum absolute atomic E-state index is 0. The third-order valence-corrected chi connectivity index (χ3v) is 13.9. The number of benzene rings is 9. The van der Waals surface area contributed by atoms with Gasteiger partial charge in [0.15, 0.2) is 0 Å². The molecule has 0 fully saturated rings. The first-order valence-corrected chi connectivity index (χ1v) is 26.1. The standard InChI is InChI=1S/C25H23N2.2C23H19N2.3Ir/c1-17-13-23(21-9-6-5-7-10-21)14-18(2)25(17)22-11-8-12-24(16-22)27-20(4)15-19(3)26-27;1-17-15-21(19-7-4-3-5-8-19)16-18(2)23(17)20-9-11-22(12-10-20)25-14-6-13-24-25;1-17-15-22(25-14-6-13-24-25)16-18(2)23(17)21-11-9-20(10-12-21)19-7-4-3-5-8-19;;;/h5-11,13-16H,1-4H3;3-11,13-16H,1-2H3;3-15H,1-2H3;;;/q3*-1;;;. The molecule has 3 aromatic heterocycles. The van der Waals surface area contributed by atoms with Crippen LogP contribution in [0.25, 0.3) is 83.8 Å². The molecule has 0 N–H and O–H groups in total. The molecule has 0 aliphatic heterocycles. The average molecular weight is 1570 g/mol. The number of hydrogen-bond donors (Lipinski definition) is 0. The first-order chi connectivity index (χ1) is 37.5. The molecule has 3 radical (unpaired) electrons. The van der Waals surface area contributed by atoms with Gasteiger partial charge in [0.05, 0.1) is 5.69 Å². The summed E-state index contributed by atoms with van der Waals surface area (Å²) in [5, 5.41) is 13.2. The topological polar surface area (TPSA) is 53.5 Å². The van der Waals surface area contributed by atoms with Gasteiger partial charge in [0.25, 0.3) is 0 Å². The summed E-state index contributed by atoms with van der Waals surface area (Å²) in [5.41, 5.74) is 27.4. The predicted octanol–water partition coefficient (Wildman–Crippen LogP) is 17.5. The minimum atomic E-state index is 0. The zero-order chi connectivity index (χ0) is 53.4. The van der Waals surface area contributed by atoms with E-state index in [4.69, 9.17) is 0 Å². The van der Waals surface area contributed by atoms with E-state index in [1.165, 1.54) is 94.6 Å². The maximum Gasteiger partial charge on any atom is 0.0600 e. The van der Waals surface area contributed by atoms with Crippen molar-refractivity contribution in [2.75, 3.05) is 0 Å². The molecule has 3 heterocycles. The second-order valence-corrected chi connectivity index (χ2v) is 19.6. The van der Waals surface area contributed by atoms with E-state index >= 15 is 0 Å². The molecule has 0 bridgehead atoms. The van der Waals surface area contributed by atoms with Gasteiger partial charge >= 0.3 is 0 Å². The molecule has 0 aliphatic rings. The normalized spacial score (nSPS) is 10.4. The van der Waals surface area contributed by atoms with Gasteiger partial charge in [0.2, 0.25) is 0 Å². The van der Waals surface area contributed by atoms with Crippen LogP contribution in [0.3, 0.4) is 0 Å².